The fourth-order valence-electron chi connectivity index (χ4n) is 4.39. The standard InChI is InChI=1S/C24H34N2O5/c1-4-17(27)12-18(5-2)30-24(29)26-10-8-16(9-11-26)21-13-20-19(22(14-25)31-21)7-6-15(3)23(20)28/h4-7,16,21-22,27-28H,8-14,25H2,1-3H3/b17-4+,18-5+. The number of aromatic hydroxyl groups is 1. The Kier molecular flexibility index (Phi) is 7.62. The van der Waals surface area contributed by atoms with Gasteiger partial charge in [-0.1, -0.05) is 12.1 Å². The third kappa shape index (κ3) is 5.22. The Bertz CT molecular complexity index is 856. The molecular formula is C24H34N2O5. The monoisotopic (exact) mass is 430 g/mol. The Morgan fingerprint density at radius 2 is 2.00 bits per heavy atom. The first-order valence-electron chi connectivity index (χ1n) is 11.0. The first-order chi connectivity index (χ1) is 14.9. The number of nitrogens with zero attached hydrogens (tertiary/aromatic N) is 1. The number of amides is 1. The molecule has 2 aliphatic rings. The van der Waals surface area contributed by atoms with Crippen molar-refractivity contribution < 1.29 is 24.5 Å². The van der Waals surface area contributed by atoms with E-state index in [1.54, 1.807) is 30.9 Å². The molecule has 0 radical (unpaired) electrons. The fourth-order valence-corrected chi connectivity index (χ4v) is 4.39. The summed E-state index contributed by atoms with van der Waals surface area (Å²) in [7, 11) is 0. The van der Waals surface area contributed by atoms with Crippen molar-refractivity contribution in [2.24, 2.45) is 11.7 Å². The van der Waals surface area contributed by atoms with Crippen molar-refractivity contribution in [3.8, 4) is 5.75 Å². The minimum absolute atomic E-state index is 0.0374. The van der Waals surface area contributed by atoms with Crippen LogP contribution in [0.4, 0.5) is 4.79 Å². The molecule has 31 heavy (non-hydrogen) atoms. The normalized spacial score (nSPS) is 22.9. The average Bonchev–Trinajstić information content (AvgIpc) is 2.80. The van der Waals surface area contributed by atoms with Crippen LogP contribution in [-0.4, -0.2) is 46.9 Å². The lowest BCUT2D eigenvalue weighted by Gasteiger charge is -2.40. The molecule has 0 aliphatic carbocycles. The molecule has 0 aromatic heterocycles. The number of aryl methyl sites for hydroxylation is 1. The molecule has 1 amide bonds. The van der Waals surface area contributed by atoms with Crippen LogP contribution in [-0.2, 0) is 15.9 Å². The molecule has 2 heterocycles. The number of carbonyl (C=O) groups excluding carboxylic acids is 1. The molecule has 2 atom stereocenters. The van der Waals surface area contributed by atoms with E-state index in [0.717, 1.165) is 29.5 Å². The molecule has 2 aliphatic heterocycles. The number of hydrogen-bond donors (Lipinski definition) is 3. The lowest BCUT2D eigenvalue weighted by Crippen LogP contribution is -2.44. The lowest BCUT2D eigenvalue weighted by atomic mass is 9.83. The minimum Gasteiger partial charge on any atom is -0.512 e. The highest BCUT2D eigenvalue weighted by molar-refractivity contribution is 5.69. The number of carbonyl (C=O) groups is 1. The van der Waals surface area contributed by atoms with E-state index in [-0.39, 0.29) is 30.3 Å². The molecule has 0 spiro atoms. The zero-order chi connectivity index (χ0) is 22.5. The summed E-state index contributed by atoms with van der Waals surface area (Å²) >= 11 is 0. The number of benzene rings is 1. The molecule has 4 N–H and O–H groups in total. The van der Waals surface area contributed by atoms with E-state index in [0.29, 0.717) is 37.6 Å². The Morgan fingerprint density at radius 1 is 1.29 bits per heavy atom. The number of hydrogen-bond acceptors (Lipinski definition) is 6. The van der Waals surface area contributed by atoms with Crippen molar-refractivity contribution in [3.63, 3.8) is 0 Å². The van der Waals surface area contributed by atoms with Crippen molar-refractivity contribution in [2.45, 2.75) is 58.7 Å². The number of nitrogens with two attached hydrogens (primary N) is 1. The summed E-state index contributed by atoms with van der Waals surface area (Å²) in [4.78, 5) is 14.2. The van der Waals surface area contributed by atoms with Crippen LogP contribution >= 0.6 is 0 Å². The summed E-state index contributed by atoms with van der Waals surface area (Å²) in [5.74, 6) is 1.22. The number of aliphatic hydroxyl groups is 1. The predicted molar refractivity (Wildman–Crippen MR) is 119 cm³/mol. The smallest absolute Gasteiger partial charge is 0.414 e. The van der Waals surface area contributed by atoms with Gasteiger partial charge in [0.2, 0.25) is 0 Å². The van der Waals surface area contributed by atoms with Crippen molar-refractivity contribution in [2.75, 3.05) is 19.6 Å². The first-order valence-corrected chi connectivity index (χ1v) is 11.0. The Labute approximate surface area is 184 Å². The number of likely N-dealkylation sites (tertiary alicyclic amines) is 1. The SMILES string of the molecule is C/C=C(/O)C/C(=C\C)OC(=O)N1CCC(C2Cc3c(ccc(C)c3O)C(CN)O2)CC1. The number of piperidine rings is 1. The topological polar surface area (TPSA) is 105 Å². The number of allylic oxidation sites excluding steroid dienone is 2. The maximum Gasteiger partial charge on any atom is 0.414 e. The molecule has 1 saturated heterocycles. The highest BCUT2D eigenvalue weighted by atomic mass is 16.6. The molecule has 170 valence electrons. The van der Waals surface area contributed by atoms with Crippen molar-refractivity contribution in [3.05, 3.63) is 52.5 Å². The van der Waals surface area contributed by atoms with E-state index in [2.05, 4.69) is 0 Å². The molecule has 7 nitrogen and oxygen atoms in total. The largest absolute Gasteiger partial charge is 0.512 e. The number of phenolic OH excluding ortho intramolecular Hbond substituents is 1. The van der Waals surface area contributed by atoms with E-state index in [1.165, 1.54) is 0 Å². The van der Waals surface area contributed by atoms with Crippen LogP contribution in [0.5, 0.6) is 5.75 Å². The third-order valence-electron chi connectivity index (χ3n) is 6.38. The maximum atomic E-state index is 12.5. The predicted octanol–water partition coefficient (Wildman–Crippen LogP) is 4.25. The van der Waals surface area contributed by atoms with Crippen molar-refractivity contribution in [1.82, 2.24) is 4.90 Å². The van der Waals surface area contributed by atoms with E-state index >= 15 is 0 Å². The summed E-state index contributed by atoms with van der Waals surface area (Å²) in [6.45, 7) is 6.93. The van der Waals surface area contributed by atoms with E-state index < -0.39 is 6.09 Å². The molecular weight excluding hydrogens is 396 g/mol. The van der Waals surface area contributed by atoms with Gasteiger partial charge in [0.05, 0.1) is 24.4 Å². The van der Waals surface area contributed by atoms with Crippen LogP contribution in [0.2, 0.25) is 0 Å². The second kappa shape index (κ2) is 10.2. The average molecular weight is 431 g/mol. The van der Waals surface area contributed by atoms with Gasteiger partial charge in [-0.25, -0.2) is 4.79 Å². The van der Waals surface area contributed by atoms with Crippen LogP contribution in [0, 0.1) is 12.8 Å². The van der Waals surface area contributed by atoms with Crippen LogP contribution < -0.4 is 5.73 Å². The Hall–Kier alpha value is -2.51. The number of rotatable bonds is 5. The molecule has 2 unspecified atom stereocenters. The lowest BCUT2D eigenvalue weighted by molar-refractivity contribution is -0.0636. The van der Waals surface area contributed by atoms with Gasteiger partial charge in [-0.15, -0.1) is 0 Å². The third-order valence-corrected chi connectivity index (χ3v) is 6.38. The van der Waals surface area contributed by atoms with Gasteiger partial charge in [0, 0.05) is 31.6 Å². The Morgan fingerprint density at radius 3 is 2.61 bits per heavy atom. The zero-order valence-electron chi connectivity index (χ0n) is 18.6. The van der Waals surface area contributed by atoms with Gasteiger partial charge in [0.15, 0.2) is 0 Å². The van der Waals surface area contributed by atoms with Crippen molar-refractivity contribution >= 4 is 6.09 Å². The summed E-state index contributed by atoms with van der Waals surface area (Å²) < 4.78 is 11.8. The zero-order valence-corrected chi connectivity index (χ0v) is 18.6. The molecule has 7 heteroatoms. The Balaban J connectivity index is 1.60. The van der Waals surface area contributed by atoms with E-state index in [4.69, 9.17) is 15.2 Å². The van der Waals surface area contributed by atoms with Gasteiger partial charge < -0.3 is 30.3 Å². The van der Waals surface area contributed by atoms with Crippen LogP contribution in [0.1, 0.15) is 55.9 Å². The number of ether oxygens (including phenoxy) is 2. The summed E-state index contributed by atoms with van der Waals surface area (Å²) in [5.41, 5.74) is 8.74. The van der Waals surface area contributed by atoms with E-state index in [1.807, 2.05) is 19.1 Å². The fraction of sp³-hybridized carbons (Fsp3) is 0.542. The molecule has 1 fully saturated rings. The van der Waals surface area contributed by atoms with Crippen LogP contribution in [0.3, 0.4) is 0 Å². The second-order valence-corrected chi connectivity index (χ2v) is 8.31. The van der Waals surface area contributed by atoms with Gasteiger partial charge in [0.25, 0.3) is 0 Å². The molecule has 3 rings (SSSR count). The van der Waals surface area contributed by atoms with Gasteiger partial charge in [0.1, 0.15) is 11.5 Å². The minimum atomic E-state index is -0.390. The van der Waals surface area contributed by atoms with E-state index in [9.17, 15) is 15.0 Å². The van der Waals surface area contributed by atoms with Crippen LogP contribution in [0.15, 0.2) is 35.8 Å². The summed E-state index contributed by atoms with van der Waals surface area (Å²) in [6.07, 6.45) is 5.07. The molecule has 0 bridgehead atoms. The maximum absolute atomic E-state index is 12.5. The number of aliphatic hydroxyl groups excluding tert-OH is 1. The second-order valence-electron chi connectivity index (χ2n) is 8.31. The quantitative estimate of drug-likeness (QED) is 0.603. The first kappa shape index (κ1) is 23.2. The van der Waals surface area contributed by atoms with Gasteiger partial charge in [-0.2, -0.15) is 0 Å². The van der Waals surface area contributed by atoms with Gasteiger partial charge in [-0.05, 0) is 62.8 Å². The van der Waals surface area contributed by atoms with Crippen LogP contribution in [0.25, 0.3) is 0 Å². The van der Waals surface area contributed by atoms with Crippen molar-refractivity contribution in [1.29, 1.82) is 0 Å². The number of fused-ring (bicyclic) bond motifs is 1. The highest BCUT2D eigenvalue weighted by Crippen LogP contribution is 2.40. The molecule has 1 aromatic carbocycles. The summed E-state index contributed by atoms with van der Waals surface area (Å²) in [5, 5.41) is 20.3. The molecule has 1 aromatic rings. The highest BCUT2D eigenvalue weighted by Gasteiger charge is 2.36. The van der Waals surface area contributed by atoms with Gasteiger partial charge >= 0.3 is 6.09 Å². The number of phenols is 1. The van der Waals surface area contributed by atoms with Gasteiger partial charge in [-0.3, -0.25) is 0 Å². The molecule has 0 saturated carbocycles. The summed E-state index contributed by atoms with van der Waals surface area (Å²) in [6, 6.07) is 3.90.